The number of aromatic nitrogens is 3. The lowest BCUT2D eigenvalue weighted by molar-refractivity contribution is -0.115. The summed E-state index contributed by atoms with van der Waals surface area (Å²) in [4.78, 5) is 33.4. The van der Waals surface area contributed by atoms with Crippen molar-refractivity contribution in [1.29, 1.82) is 0 Å². The van der Waals surface area contributed by atoms with Gasteiger partial charge in [0.2, 0.25) is 11.9 Å². The summed E-state index contributed by atoms with van der Waals surface area (Å²) < 4.78 is 0. The van der Waals surface area contributed by atoms with Crippen LogP contribution in [-0.4, -0.2) is 58.1 Å². The van der Waals surface area contributed by atoms with Crippen molar-refractivity contribution in [3.63, 3.8) is 0 Å². The molecule has 4 aromatic rings. The standard InChI is InChI=1S/C25H22N6O2/c32-23-14-17-8-7-16(13-22(17)28-23)18-3-1-5-20-19(18)4-2-6-21(20)24(33)30-9-11-31(12-10-30)25-26-15-27-29-25/h1-8,13,15H,9-12,14H2,(H,28,32)(H,26,27,29). The van der Waals surface area contributed by atoms with Gasteiger partial charge >= 0.3 is 0 Å². The highest BCUT2D eigenvalue weighted by molar-refractivity contribution is 6.11. The van der Waals surface area contributed by atoms with Gasteiger partial charge in [0.15, 0.2) is 0 Å². The summed E-state index contributed by atoms with van der Waals surface area (Å²) in [6.07, 6.45) is 1.92. The van der Waals surface area contributed by atoms with Crippen LogP contribution in [0.4, 0.5) is 11.6 Å². The van der Waals surface area contributed by atoms with Crippen LogP contribution in [0.15, 0.2) is 60.9 Å². The van der Waals surface area contributed by atoms with Crippen LogP contribution in [0.5, 0.6) is 0 Å². The number of amides is 2. The Morgan fingerprint density at radius 1 is 0.939 bits per heavy atom. The molecule has 0 saturated carbocycles. The molecule has 1 fully saturated rings. The number of hydrogen-bond acceptors (Lipinski definition) is 5. The zero-order valence-electron chi connectivity index (χ0n) is 17.9. The molecule has 3 aromatic carbocycles. The van der Waals surface area contributed by atoms with Crippen molar-refractivity contribution in [1.82, 2.24) is 20.1 Å². The molecule has 164 valence electrons. The van der Waals surface area contributed by atoms with E-state index in [2.05, 4.69) is 37.5 Å². The summed E-state index contributed by atoms with van der Waals surface area (Å²) in [6, 6.07) is 18.0. The minimum absolute atomic E-state index is 0.0244. The van der Waals surface area contributed by atoms with Gasteiger partial charge in [-0.2, -0.15) is 10.1 Å². The number of nitrogens with one attached hydrogen (secondary N) is 2. The van der Waals surface area contributed by atoms with Gasteiger partial charge in [0.1, 0.15) is 6.33 Å². The summed E-state index contributed by atoms with van der Waals surface area (Å²) in [7, 11) is 0. The lowest BCUT2D eigenvalue weighted by Crippen LogP contribution is -2.49. The Labute approximate surface area is 190 Å². The minimum atomic E-state index is 0.0244. The predicted molar refractivity (Wildman–Crippen MR) is 126 cm³/mol. The maximum Gasteiger partial charge on any atom is 0.254 e. The van der Waals surface area contributed by atoms with E-state index in [-0.39, 0.29) is 11.8 Å². The zero-order chi connectivity index (χ0) is 22.4. The van der Waals surface area contributed by atoms with E-state index in [1.54, 1.807) is 0 Å². The van der Waals surface area contributed by atoms with Crippen molar-refractivity contribution in [2.24, 2.45) is 0 Å². The fraction of sp³-hybridized carbons (Fsp3) is 0.200. The average molecular weight is 438 g/mol. The Morgan fingerprint density at radius 2 is 1.76 bits per heavy atom. The number of hydrogen-bond donors (Lipinski definition) is 2. The molecule has 2 N–H and O–H groups in total. The number of benzene rings is 3. The second-order valence-electron chi connectivity index (χ2n) is 8.39. The SMILES string of the molecule is O=C1Cc2ccc(-c3cccc4c(C(=O)N5CCN(c6ncn[nH]6)CC5)cccc34)cc2N1. The molecule has 2 aliphatic heterocycles. The monoisotopic (exact) mass is 438 g/mol. The Bertz CT molecular complexity index is 1370. The first-order valence-electron chi connectivity index (χ1n) is 11.0. The molecule has 0 unspecified atom stereocenters. The largest absolute Gasteiger partial charge is 0.338 e. The van der Waals surface area contributed by atoms with Crippen LogP contribution < -0.4 is 10.2 Å². The highest BCUT2D eigenvalue weighted by atomic mass is 16.2. The summed E-state index contributed by atoms with van der Waals surface area (Å²) in [6.45, 7) is 2.66. The van der Waals surface area contributed by atoms with Gasteiger partial charge in [0, 0.05) is 37.4 Å². The third-order valence-corrected chi connectivity index (χ3v) is 6.47. The van der Waals surface area contributed by atoms with Crippen molar-refractivity contribution in [2.75, 3.05) is 36.4 Å². The summed E-state index contributed by atoms with van der Waals surface area (Å²) >= 11 is 0. The number of carbonyl (C=O) groups is 2. The fourth-order valence-electron chi connectivity index (χ4n) is 4.77. The maximum atomic E-state index is 13.5. The molecule has 1 saturated heterocycles. The Kier molecular flexibility index (Phi) is 4.57. The number of piperazine rings is 1. The first-order valence-corrected chi connectivity index (χ1v) is 11.0. The number of fused-ring (bicyclic) bond motifs is 2. The van der Waals surface area contributed by atoms with Gasteiger partial charge in [-0.3, -0.25) is 9.59 Å². The molecule has 1 aromatic heterocycles. The van der Waals surface area contributed by atoms with Gasteiger partial charge in [-0.15, -0.1) is 0 Å². The van der Waals surface area contributed by atoms with Crippen molar-refractivity contribution in [2.45, 2.75) is 6.42 Å². The van der Waals surface area contributed by atoms with Crippen LogP contribution in [0.1, 0.15) is 15.9 Å². The third kappa shape index (κ3) is 3.40. The van der Waals surface area contributed by atoms with E-state index in [4.69, 9.17) is 0 Å². The molecule has 33 heavy (non-hydrogen) atoms. The molecule has 3 heterocycles. The molecule has 8 nitrogen and oxygen atoms in total. The molecule has 2 amide bonds. The van der Waals surface area contributed by atoms with Crippen molar-refractivity contribution < 1.29 is 9.59 Å². The smallest absolute Gasteiger partial charge is 0.254 e. The summed E-state index contributed by atoms with van der Waals surface area (Å²) in [5.74, 6) is 0.801. The molecule has 0 bridgehead atoms. The van der Waals surface area contributed by atoms with E-state index in [0.29, 0.717) is 38.2 Å². The first kappa shape index (κ1) is 19.5. The number of H-pyrrole nitrogens is 1. The number of carbonyl (C=O) groups excluding carboxylic acids is 2. The van der Waals surface area contributed by atoms with Crippen LogP contribution in [0, 0.1) is 0 Å². The van der Waals surface area contributed by atoms with Crippen molar-refractivity contribution >= 4 is 34.2 Å². The predicted octanol–water partition coefficient (Wildman–Crippen LogP) is 3.08. The van der Waals surface area contributed by atoms with Gasteiger partial charge in [-0.05, 0) is 39.6 Å². The lowest BCUT2D eigenvalue weighted by atomic mass is 9.94. The van der Waals surface area contributed by atoms with Crippen molar-refractivity contribution in [3.05, 3.63) is 72.1 Å². The Hall–Kier alpha value is -4.20. The van der Waals surface area contributed by atoms with E-state index in [1.165, 1.54) is 6.33 Å². The fourth-order valence-corrected chi connectivity index (χ4v) is 4.77. The molecule has 8 heteroatoms. The molecular weight excluding hydrogens is 416 g/mol. The summed E-state index contributed by atoms with van der Waals surface area (Å²) in [5, 5.41) is 11.7. The average Bonchev–Trinajstić information content (AvgIpc) is 3.51. The Balaban J connectivity index is 1.31. The quantitative estimate of drug-likeness (QED) is 0.513. The minimum Gasteiger partial charge on any atom is -0.338 e. The second-order valence-corrected chi connectivity index (χ2v) is 8.39. The Morgan fingerprint density at radius 3 is 2.58 bits per heavy atom. The van der Waals surface area contributed by atoms with E-state index in [1.807, 2.05) is 47.4 Å². The molecule has 0 atom stereocenters. The molecule has 6 rings (SSSR count). The second kappa shape index (κ2) is 7.74. The van der Waals surface area contributed by atoms with Gasteiger partial charge in [0.25, 0.3) is 5.91 Å². The van der Waals surface area contributed by atoms with Gasteiger partial charge in [-0.25, -0.2) is 5.10 Å². The highest BCUT2D eigenvalue weighted by Gasteiger charge is 2.25. The number of aromatic amines is 1. The van der Waals surface area contributed by atoms with Crippen molar-refractivity contribution in [3.8, 4) is 11.1 Å². The van der Waals surface area contributed by atoms with E-state index < -0.39 is 0 Å². The van der Waals surface area contributed by atoms with E-state index in [0.717, 1.165) is 39.1 Å². The molecule has 0 aliphatic carbocycles. The van der Waals surface area contributed by atoms with Crippen LogP contribution in [0.25, 0.3) is 21.9 Å². The number of rotatable bonds is 3. The van der Waals surface area contributed by atoms with E-state index in [9.17, 15) is 9.59 Å². The van der Waals surface area contributed by atoms with Gasteiger partial charge < -0.3 is 15.1 Å². The normalized spacial score (nSPS) is 15.6. The molecule has 0 spiro atoms. The molecule has 2 aliphatic rings. The number of nitrogens with zero attached hydrogens (tertiary/aromatic N) is 4. The lowest BCUT2D eigenvalue weighted by Gasteiger charge is -2.34. The first-order chi connectivity index (χ1) is 16.2. The highest BCUT2D eigenvalue weighted by Crippen LogP contribution is 2.34. The third-order valence-electron chi connectivity index (χ3n) is 6.47. The molecule has 0 radical (unpaired) electrons. The topological polar surface area (TPSA) is 94.2 Å². The van der Waals surface area contributed by atoms with Crippen LogP contribution >= 0.6 is 0 Å². The zero-order valence-corrected chi connectivity index (χ0v) is 17.9. The number of anilines is 2. The van der Waals surface area contributed by atoms with Crippen LogP contribution in [0.2, 0.25) is 0 Å². The van der Waals surface area contributed by atoms with Crippen LogP contribution in [0.3, 0.4) is 0 Å². The molecular formula is C25H22N6O2. The maximum absolute atomic E-state index is 13.5. The summed E-state index contributed by atoms with van der Waals surface area (Å²) in [5.41, 5.74) is 4.65. The van der Waals surface area contributed by atoms with Crippen LogP contribution in [-0.2, 0) is 11.2 Å². The van der Waals surface area contributed by atoms with Gasteiger partial charge in [0.05, 0.1) is 6.42 Å². The van der Waals surface area contributed by atoms with E-state index >= 15 is 0 Å². The van der Waals surface area contributed by atoms with Gasteiger partial charge in [-0.1, -0.05) is 42.5 Å².